The summed E-state index contributed by atoms with van der Waals surface area (Å²) in [6.07, 6.45) is 5.41. The number of hydrogen-bond acceptors (Lipinski definition) is 2. The Morgan fingerprint density at radius 2 is 2.00 bits per heavy atom. The highest BCUT2D eigenvalue weighted by molar-refractivity contribution is 5.83. The van der Waals surface area contributed by atoms with Crippen molar-refractivity contribution in [1.82, 2.24) is 0 Å². The van der Waals surface area contributed by atoms with Crippen LogP contribution in [0.4, 0.5) is 0 Å². The molecule has 2 heteroatoms. The first-order chi connectivity index (χ1) is 6.74. The van der Waals surface area contributed by atoms with E-state index in [4.69, 9.17) is 5.73 Å². The van der Waals surface area contributed by atoms with Crippen LogP contribution >= 0.6 is 0 Å². The number of Topliss-reactive ketones (excluding diaryl/α,β-unsaturated/α-hetero) is 1. The van der Waals surface area contributed by atoms with Crippen LogP contribution in [0.25, 0.3) is 0 Å². The topological polar surface area (TPSA) is 43.1 Å². The maximum Gasteiger partial charge on any atom is 0.139 e. The molecule has 2 N–H and O–H groups in total. The molecular formula is C12H23NO. The quantitative estimate of drug-likeness (QED) is 0.735. The lowest BCUT2D eigenvalue weighted by Gasteiger charge is -2.21. The second-order valence-electron chi connectivity index (χ2n) is 4.45. The molecule has 0 bridgehead atoms. The molecule has 0 amide bonds. The average molecular weight is 197 g/mol. The highest BCUT2D eigenvalue weighted by Crippen LogP contribution is 2.34. The molecule has 0 aliphatic heterocycles. The summed E-state index contributed by atoms with van der Waals surface area (Å²) in [5.74, 6) is 1.53. The summed E-state index contributed by atoms with van der Waals surface area (Å²) in [4.78, 5) is 12.1. The van der Waals surface area contributed by atoms with Crippen LogP contribution in [0.15, 0.2) is 0 Å². The average Bonchev–Trinajstić information content (AvgIpc) is 2.67. The second kappa shape index (κ2) is 5.50. The van der Waals surface area contributed by atoms with Crippen molar-refractivity contribution in [3.8, 4) is 0 Å². The van der Waals surface area contributed by atoms with Gasteiger partial charge in [-0.3, -0.25) is 4.79 Å². The van der Waals surface area contributed by atoms with Crippen LogP contribution in [0.3, 0.4) is 0 Å². The smallest absolute Gasteiger partial charge is 0.139 e. The van der Waals surface area contributed by atoms with Crippen LogP contribution in [0.2, 0.25) is 0 Å². The molecule has 1 aliphatic carbocycles. The summed E-state index contributed by atoms with van der Waals surface area (Å²) < 4.78 is 0. The zero-order chi connectivity index (χ0) is 10.6. The molecule has 0 spiro atoms. The molecule has 0 aromatic heterocycles. The van der Waals surface area contributed by atoms with E-state index in [1.807, 2.05) is 0 Å². The molecule has 0 heterocycles. The third kappa shape index (κ3) is 2.35. The SMILES string of the molecule is CCC(CC)C(=O)C1CCCC1CN. The highest BCUT2D eigenvalue weighted by Gasteiger charge is 2.34. The Hall–Kier alpha value is -0.370. The number of carbonyl (C=O) groups is 1. The lowest BCUT2D eigenvalue weighted by Crippen LogP contribution is -2.29. The summed E-state index contributed by atoms with van der Waals surface area (Å²) in [6.45, 7) is 4.91. The molecule has 1 aliphatic rings. The van der Waals surface area contributed by atoms with E-state index < -0.39 is 0 Å². The highest BCUT2D eigenvalue weighted by atomic mass is 16.1. The number of hydrogen-bond donors (Lipinski definition) is 1. The molecule has 14 heavy (non-hydrogen) atoms. The van der Waals surface area contributed by atoms with Gasteiger partial charge in [0.25, 0.3) is 0 Å². The van der Waals surface area contributed by atoms with E-state index in [2.05, 4.69) is 13.8 Å². The molecule has 0 aromatic carbocycles. The first kappa shape index (κ1) is 11.7. The zero-order valence-electron chi connectivity index (χ0n) is 9.46. The van der Waals surface area contributed by atoms with E-state index in [0.29, 0.717) is 18.2 Å². The Morgan fingerprint density at radius 1 is 1.36 bits per heavy atom. The molecule has 0 saturated heterocycles. The van der Waals surface area contributed by atoms with Crippen molar-refractivity contribution in [2.45, 2.75) is 46.0 Å². The fourth-order valence-electron chi connectivity index (χ4n) is 2.69. The predicted molar refractivity (Wildman–Crippen MR) is 59.0 cm³/mol. The summed E-state index contributed by atoms with van der Waals surface area (Å²) in [5, 5.41) is 0. The summed E-state index contributed by atoms with van der Waals surface area (Å²) in [6, 6.07) is 0. The standard InChI is InChI=1S/C12H23NO/c1-3-9(4-2)12(14)11-7-5-6-10(11)8-13/h9-11H,3-8,13H2,1-2H3. The van der Waals surface area contributed by atoms with Crippen LogP contribution in [-0.2, 0) is 4.79 Å². The van der Waals surface area contributed by atoms with Gasteiger partial charge in [0.05, 0.1) is 0 Å². The van der Waals surface area contributed by atoms with Gasteiger partial charge in [-0.15, -0.1) is 0 Å². The first-order valence-corrected chi connectivity index (χ1v) is 5.98. The molecule has 2 nitrogen and oxygen atoms in total. The largest absolute Gasteiger partial charge is 0.330 e. The van der Waals surface area contributed by atoms with E-state index in [9.17, 15) is 4.79 Å². The molecule has 2 atom stereocenters. The van der Waals surface area contributed by atoms with Crippen LogP contribution in [0, 0.1) is 17.8 Å². The Balaban J connectivity index is 2.58. The molecule has 82 valence electrons. The summed E-state index contributed by atoms with van der Waals surface area (Å²) in [5.41, 5.74) is 5.69. The molecule has 1 rings (SSSR count). The van der Waals surface area contributed by atoms with Crippen LogP contribution in [0.1, 0.15) is 46.0 Å². The van der Waals surface area contributed by atoms with Gasteiger partial charge in [0, 0.05) is 11.8 Å². The minimum absolute atomic E-state index is 0.282. The third-order valence-electron chi connectivity index (χ3n) is 3.72. The number of ketones is 1. The van der Waals surface area contributed by atoms with Gasteiger partial charge in [0.1, 0.15) is 5.78 Å². The summed E-state index contributed by atoms with van der Waals surface area (Å²) in [7, 11) is 0. The molecule has 1 saturated carbocycles. The van der Waals surface area contributed by atoms with E-state index in [0.717, 1.165) is 25.7 Å². The van der Waals surface area contributed by atoms with E-state index in [1.165, 1.54) is 6.42 Å². The van der Waals surface area contributed by atoms with Crippen molar-refractivity contribution in [3.63, 3.8) is 0 Å². The number of carbonyl (C=O) groups excluding carboxylic acids is 1. The minimum atomic E-state index is 0.282. The third-order valence-corrected chi connectivity index (χ3v) is 3.72. The van der Waals surface area contributed by atoms with E-state index in [-0.39, 0.29) is 11.8 Å². The van der Waals surface area contributed by atoms with Crippen molar-refractivity contribution in [1.29, 1.82) is 0 Å². The Kier molecular flexibility index (Phi) is 4.59. The molecule has 0 radical (unpaired) electrons. The molecule has 1 fully saturated rings. The Labute approximate surface area is 87.2 Å². The number of rotatable bonds is 5. The van der Waals surface area contributed by atoms with Gasteiger partial charge in [-0.05, 0) is 38.1 Å². The minimum Gasteiger partial charge on any atom is -0.330 e. The maximum atomic E-state index is 12.1. The lowest BCUT2D eigenvalue weighted by molar-refractivity contribution is -0.128. The van der Waals surface area contributed by atoms with Crippen molar-refractivity contribution in [3.05, 3.63) is 0 Å². The fourth-order valence-corrected chi connectivity index (χ4v) is 2.69. The Morgan fingerprint density at radius 3 is 2.50 bits per heavy atom. The fraction of sp³-hybridized carbons (Fsp3) is 0.917. The van der Waals surface area contributed by atoms with Gasteiger partial charge < -0.3 is 5.73 Å². The van der Waals surface area contributed by atoms with Gasteiger partial charge in [0.15, 0.2) is 0 Å². The normalized spacial score (nSPS) is 27.1. The monoisotopic (exact) mass is 197 g/mol. The summed E-state index contributed by atoms with van der Waals surface area (Å²) >= 11 is 0. The van der Waals surface area contributed by atoms with E-state index >= 15 is 0 Å². The first-order valence-electron chi connectivity index (χ1n) is 5.98. The number of nitrogens with two attached hydrogens (primary N) is 1. The van der Waals surface area contributed by atoms with Gasteiger partial charge in [-0.2, -0.15) is 0 Å². The second-order valence-corrected chi connectivity index (χ2v) is 4.45. The van der Waals surface area contributed by atoms with Crippen molar-refractivity contribution in [2.24, 2.45) is 23.5 Å². The van der Waals surface area contributed by atoms with Crippen LogP contribution in [-0.4, -0.2) is 12.3 Å². The molecular weight excluding hydrogens is 174 g/mol. The maximum absolute atomic E-state index is 12.1. The van der Waals surface area contributed by atoms with Crippen molar-refractivity contribution >= 4 is 5.78 Å². The van der Waals surface area contributed by atoms with Gasteiger partial charge in [-0.25, -0.2) is 0 Å². The van der Waals surface area contributed by atoms with E-state index in [1.54, 1.807) is 0 Å². The van der Waals surface area contributed by atoms with Gasteiger partial charge in [0.2, 0.25) is 0 Å². The predicted octanol–water partition coefficient (Wildman–Crippen LogP) is 2.37. The lowest BCUT2D eigenvalue weighted by atomic mass is 9.83. The van der Waals surface area contributed by atoms with Crippen LogP contribution < -0.4 is 5.73 Å². The van der Waals surface area contributed by atoms with Gasteiger partial charge >= 0.3 is 0 Å². The van der Waals surface area contributed by atoms with Crippen molar-refractivity contribution in [2.75, 3.05) is 6.54 Å². The Bertz CT molecular complexity index is 187. The van der Waals surface area contributed by atoms with Gasteiger partial charge in [-0.1, -0.05) is 20.3 Å². The molecule has 2 unspecified atom stereocenters. The zero-order valence-corrected chi connectivity index (χ0v) is 9.46. The van der Waals surface area contributed by atoms with Crippen LogP contribution in [0.5, 0.6) is 0 Å². The molecule has 0 aromatic rings. The van der Waals surface area contributed by atoms with Crippen molar-refractivity contribution < 1.29 is 4.79 Å².